The molecule has 0 aliphatic rings. The molecule has 0 heterocycles. The Morgan fingerprint density at radius 3 is 2.06 bits per heavy atom. The van der Waals surface area contributed by atoms with Crippen LogP contribution in [0.15, 0.2) is 0 Å². The fourth-order valence-corrected chi connectivity index (χ4v) is 1.96. The summed E-state index contributed by atoms with van der Waals surface area (Å²) in [5, 5.41) is 0. The number of carbonyl (C=O) groups is 1. The second-order valence-corrected chi connectivity index (χ2v) is 7.82. The van der Waals surface area contributed by atoms with Gasteiger partial charge in [0.25, 0.3) is 0 Å². The monoisotopic (exact) mass is 282 g/mol. The van der Waals surface area contributed by atoms with Crippen LogP contribution >= 0.6 is 24.2 Å². The van der Waals surface area contributed by atoms with E-state index in [9.17, 15) is 4.79 Å². The van der Waals surface area contributed by atoms with Gasteiger partial charge >= 0.3 is 0 Å². The highest BCUT2D eigenvalue weighted by Crippen LogP contribution is 2.23. The van der Waals surface area contributed by atoms with E-state index < -0.39 is 0 Å². The van der Waals surface area contributed by atoms with Crippen LogP contribution in [0.2, 0.25) is 0 Å². The molecule has 0 aromatic rings. The van der Waals surface area contributed by atoms with Gasteiger partial charge in [-0.15, -0.1) is 24.2 Å². The van der Waals surface area contributed by atoms with Crippen molar-refractivity contribution in [3.63, 3.8) is 0 Å². The van der Waals surface area contributed by atoms with Crippen LogP contribution in [0.3, 0.4) is 0 Å². The van der Waals surface area contributed by atoms with Crippen molar-refractivity contribution in [2.45, 2.75) is 39.4 Å². The van der Waals surface area contributed by atoms with Gasteiger partial charge < -0.3 is 10.6 Å². The number of nitrogens with two attached hydrogens (primary N) is 1. The SMILES string of the molecule is CN(CC(C)(C)CN)C(=O)CSC(C)(C)C.Cl. The zero-order valence-electron chi connectivity index (χ0n) is 11.9. The molecule has 1 amide bonds. The molecular formula is C12H27ClN2OS. The molecule has 0 saturated heterocycles. The molecule has 5 heteroatoms. The molecule has 0 aliphatic carbocycles. The number of rotatable bonds is 5. The highest BCUT2D eigenvalue weighted by molar-refractivity contribution is 8.01. The average Bonchev–Trinajstić information content (AvgIpc) is 2.12. The fourth-order valence-electron chi connectivity index (χ4n) is 1.18. The first-order chi connectivity index (χ1) is 7.07. The molecule has 3 nitrogen and oxygen atoms in total. The molecule has 0 unspecified atom stereocenters. The van der Waals surface area contributed by atoms with Crippen LogP contribution in [0.1, 0.15) is 34.6 Å². The van der Waals surface area contributed by atoms with Crippen LogP contribution in [0, 0.1) is 5.41 Å². The summed E-state index contributed by atoms with van der Waals surface area (Å²) in [7, 11) is 1.85. The second kappa shape index (κ2) is 7.49. The minimum absolute atomic E-state index is 0. The molecule has 0 saturated carbocycles. The Kier molecular flexibility index (Phi) is 8.56. The van der Waals surface area contributed by atoms with Crippen LogP contribution in [0.5, 0.6) is 0 Å². The van der Waals surface area contributed by atoms with E-state index in [2.05, 4.69) is 34.6 Å². The molecule has 0 aliphatic heterocycles. The first-order valence-electron chi connectivity index (χ1n) is 5.65. The van der Waals surface area contributed by atoms with Crippen LogP contribution in [0.4, 0.5) is 0 Å². The molecule has 0 rings (SSSR count). The van der Waals surface area contributed by atoms with E-state index in [0.29, 0.717) is 18.8 Å². The van der Waals surface area contributed by atoms with E-state index in [-0.39, 0.29) is 28.5 Å². The van der Waals surface area contributed by atoms with Crippen LogP contribution in [-0.2, 0) is 4.79 Å². The normalized spacial score (nSPS) is 11.9. The van der Waals surface area contributed by atoms with Crippen molar-refractivity contribution >= 4 is 30.1 Å². The standard InChI is InChI=1S/C12H26N2OS.ClH/c1-11(2,3)16-7-10(15)14(6)9-12(4,5)8-13;/h7-9,13H2,1-6H3;1H. The van der Waals surface area contributed by atoms with Gasteiger partial charge in [0.1, 0.15) is 0 Å². The first-order valence-corrected chi connectivity index (χ1v) is 6.64. The minimum atomic E-state index is -0.00317. The Morgan fingerprint density at radius 1 is 1.24 bits per heavy atom. The maximum absolute atomic E-state index is 11.8. The Bertz CT molecular complexity index is 239. The molecule has 0 radical (unpaired) electrons. The highest BCUT2D eigenvalue weighted by Gasteiger charge is 2.22. The van der Waals surface area contributed by atoms with Gasteiger partial charge in [0.2, 0.25) is 5.91 Å². The predicted molar refractivity (Wildman–Crippen MR) is 79.9 cm³/mol. The maximum Gasteiger partial charge on any atom is 0.232 e. The second-order valence-electron chi connectivity index (χ2n) is 6.02. The zero-order valence-corrected chi connectivity index (χ0v) is 13.5. The number of nitrogens with zero attached hydrogens (tertiary/aromatic N) is 1. The lowest BCUT2D eigenvalue weighted by Gasteiger charge is -2.29. The summed E-state index contributed by atoms with van der Waals surface area (Å²) in [6.07, 6.45) is 0. The van der Waals surface area contributed by atoms with E-state index in [0.717, 1.165) is 0 Å². The van der Waals surface area contributed by atoms with Gasteiger partial charge in [-0.25, -0.2) is 0 Å². The van der Waals surface area contributed by atoms with Gasteiger partial charge in [-0.3, -0.25) is 4.79 Å². The van der Waals surface area contributed by atoms with Gasteiger partial charge in [0.05, 0.1) is 5.75 Å². The van der Waals surface area contributed by atoms with Crippen molar-refractivity contribution in [1.29, 1.82) is 0 Å². The third-order valence-electron chi connectivity index (χ3n) is 2.27. The van der Waals surface area contributed by atoms with Gasteiger partial charge in [-0.1, -0.05) is 34.6 Å². The van der Waals surface area contributed by atoms with Crippen LogP contribution < -0.4 is 5.73 Å². The number of carbonyl (C=O) groups excluding carboxylic acids is 1. The van der Waals surface area contributed by atoms with Gasteiger partial charge in [0, 0.05) is 18.3 Å². The molecule has 0 atom stereocenters. The van der Waals surface area contributed by atoms with E-state index in [1.807, 2.05) is 7.05 Å². The summed E-state index contributed by atoms with van der Waals surface area (Å²) in [5.41, 5.74) is 5.65. The summed E-state index contributed by atoms with van der Waals surface area (Å²) in [4.78, 5) is 13.6. The quantitative estimate of drug-likeness (QED) is 0.842. The predicted octanol–water partition coefficient (Wildman–Crippen LogP) is 2.38. The van der Waals surface area contributed by atoms with E-state index in [1.165, 1.54) is 0 Å². The lowest BCUT2D eigenvalue weighted by Crippen LogP contribution is -2.40. The number of amides is 1. The zero-order chi connectivity index (χ0) is 13.0. The number of hydrogen-bond donors (Lipinski definition) is 1. The Morgan fingerprint density at radius 2 is 1.71 bits per heavy atom. The highest BCUT2D eigenvalue weighted by atomic mass is 35.5. The van der Waals surface area contributed by atoms with Gasteiger partial charge in [0.15, 0.2) is 0 Å². The summed E-state index contributed by atoms with van der Waals surface area (Å²) in [6, 6.07) is 0. The van der Waals surface area contributed by atoms with E-state index in [1.54, 1.807) is 16.7 Å². The molecular weight excluding hydrogens is 256 g/mol. The summed E-state index contributed by atoms with van der Waals surface area (Å²) < 4.78 is 0.139. The van der Waals surface area contributed by atoms with Gasteiger partial charge in [-0.2, -0.15) is 0 Å². The number of thioether (sulfide) groups is 1. The third kappa shape index (κ3) is 9.74. The maximum atomic E-state index is 11.8. The Hall–Kier alpha value is 0.0700. The lowest BCUT2D eigenvalue weighted by molar-refractivity contribution is -0.128. The van der Waals surface area contributed by atoms with Crippen molar-refractivity contribution in [3.05, 3.63) is 0 Å². The smallest absolute Gasteiger partial charge is 0.232 e. The number of hydrogen-bond acceptors (Lipinski definition) is 3. The summed E-state index contributed by atoms with van der Waals surface area (Å²) >= 11 is 1.68. The summed E-state index contributed by atoms with van der Waals surface area (Å²) in [6.45, 7) is 11.8. The van der Waals surface area contributed by atoms with Gasteiger partial charge in [-0.05, 0) is 12.0 Å². The van der Waals surface area contributed by atoms with Crippen molar-refractivity contribution in [1.82, 2.24) is 4.90 Å². The van der Waals surface area contributed by atoms with Crippen molar-refractivity contribution in [2.24, 2.45) is 11.1 Å². The average molecular weight is 283 g/mol. The molecule has 0 bridgehead atoms. The van der Waals surface area contributed by atoms with Crippen LogP contribution in [-0.4, -0.2) is 41.4 Å². The first kappa shape index (κ1) is 19.4. The fraction of sp³-hybridized carbons (Fsp3) is 0.917. The number of halogens is 1. The largest absolute Gasteiger partial charge is 0.344 e. The molecule has 0 aromatic heterocycles. The van der Waals surface area contributed by atoms with Crippen molar-refractivity contribution in [2.75, 3.05) is 25.9 Å². The molecule has 104 valence electrons. The molecule has 0 aromatic carbocycles. The molecule has 2 N–H and O–H groups in total. The molecule has 0 spiro atoms. The summed E-state index contributed by atoms with van der Waals surface area (Å²) in [5.74, 6) is 0.724. The van der Waals surface area contributed by atoms with Crippen molar-refractivity contribution in [3.8, 4) is 0 Å². The topological polar surface area (TPSA) is 46.3 Å². The lowest BCUT2D eigenvalue weighted by atomic mass is 9.93. The molecule has 0 fully saturated rings. The molecule has 17 heavy (non-hydrogen) atoms. The van der Waals surface area contributed by atoms with Crippen molar-refractivity contribution < 1.29 is 4.79 Å². The third-order valence-corrected chi connectivity index (χ3v) is 3.53. The minimum Gasteiger partial charge on any atom is -0.344 e. The van der Waals surface area contributed by atoms with Crippen LogP contribution in [0.25, 0.3) is 0 Å². The van der Waals surface area contributed by atoms with E-state index >= 15 is 0 Å². The van der Waals surface area contributed by atoms with E-state index in [4.69, 9.17) is 5.73 Å². The Labute approximate surface area is 116 Å². The Balaban J connectivity index is 0.